The van der Waals surface area contributed by atoms with Gasteiger partial charge in [0.05, 0.1) is 41.1 Å². The second-order valence-corrected chi connectivity index (χ2v) is 13.3. The van der Waals surface area contributed by atoms with Crippen molar-refractivity contribution < 1.29 is 53.5 Å². The first-order valence-corrected chi connectivity index (χ1v) is 16.9. The third kappa shape index (κ3) is 4.65. The van der Waals surface area contributed by atoms with Crippen LogP contribution in [-0.4, -0.2) is 0 Å². The minimum absolute atomic E-state index is 0.123. The zero-order chi connectivity index (χ0) is 70.5. The Hall–Kier alpha value is -6.22. The Kier molecular flexibility index (Phi) is 2.52. The summed E-state index contributed by atoms with van der Waals surface area (Å²) in [5.74, 6) is 0. The van der Waals surface area contributed by atoms with E-state index in [1.807, 2.05) is 0 Å². The molecule has 0 saturated carbocycles. The molecule has 262 valence electrons. The predicted molar refractivity (Wildman–Crippen MR) is 234 cm³/mol. The summed E-state index contributed by atoms with van der Waals surface area (Å²) in [6.45, 7) is -12.1. The Balaban J connectivity index is 1.38. The highest BCUT2D eigenvalue weighted by Gasteiger charge is 2.42. The van der Waals surface area contributed by atoms with Crippen LogP contribution in [0.2, 0.25) is 0 Å². The Morgan fingerprint density at radius 3 is 1.73 bits per heavy atom. The van der Waals surface area contributed by atoms with Gasteiger partial charge in [-0.25, -0.2) is 0 Å². The maximum Gasteiger partial charge on any atom is 0.0648 e. The van der Waals surface area contributed by atoms with Gasteiger partial charge in [-0.2, -0.15) is 0 Å². The van der Waals surface area contributed by atoms with Gasteiger partial charge in [0.1, 0.15) is 0 Å². The molecular weight excluding hydrogens is 683 g/mol. The zero-order valence-electron chi connectivity index (χ0n) is 66.4. The monoisotopic (exact) mass is 761 g/mol. The third-order valence-electron chi connectivity index (χ3n) is 9.33. The Morgan fingerprint density at radius 1 is 0.436 bits per heavy atom. The van der Waals surface area contributed by atoms with Gasteiger partial charge in [0.2, 0.25) is 0 Å². The summed E-state index contributed by atoms with van der Waals surface area (Å²) >= 11 is 0.318. The molecule has 0 amide bonds. The quantitative estimate of drug-likeness (QED) is 0.169. The molecule has 1 aromatic heterocycles. The highest BCUT2D eigenvalue weighted by Crippen LogP contribution is 2.56. The fourth-order valence-corrected chi connectivity index (χ4v) is 7.96. The van der Waals surface area contributed by atoms with Gasteiger partial charge in [-0.15, -0.1) is 11.3 Å². The third-order valence-corrected chi connectivity index (χ3v) is 10.3. The molecule has 55 heavy (non-hydrogen) atoms. The summed E-state index contributed by atoms with van der Waals surface area (Å²) in [5, 5.41) is -1.42. The van der Waals surface area contributed by atoms with Gasteiger partial charge in [-0.3, -0.25) is 0 Å². The normalized spacial score (nSPS) is 25.1. The number of benzene rings is 8. The van der Waals surface area contributed by atoms with Crippen LogP contribution in [0.5, 0.6) is 0 Å². The molecule has 8 aromatic carbocycles. The van der Waals surface area contributed by atoms with Crippen molar-refractivity contribution in [3.8, 4) is 33.4 Å². The second-order valence-electron chi connectivity index (χ2n) is 12.3. The van der Waals surface area contributed by atoms with Crippen LogP contribution in [0.3, 0.4) is 0 Å². The van der Waals surface area contributed by atoms with Crippen LogP contribution in [-0.2, 0) is 10.8 Å². The molecule has 1 nitrogen and oxygen atoms in total. The van der Waals surface area contributed by atoms with E-state index in [-0.39, 0.29) is 4.90 Å². The number of rotatable bonds is 5. The number of nitrogens with zero attached hydrogens (tertiary/aromatic N) is 1. The fourth-order valence-electron chi connectivity index (χ4n) is 6.94. The molecule has 0 bridgehead atoms. The Labute approximate surface area is 381 Å². The van der Waals surface area contributed by atoms with Crippen LogP contribution in [0.25, 0.3) is 53.6 Å². The Bertz CT molecular complexity index is 4910. The molecule has 0 spiro atoms. The molecule has 0 aliphatic heterocycles. The van der Waals surface area contributed by atoms with Crippen LogP contribution >= 0.6 is 11.3 Å². The first kappa shape index (κ1) is 11.6. The molecular formula is C53H39NS. The molecule has 11 rings (SSSR count). The minimum Gasteiger partial charge on any atom is -0.310 e. The summed E-state index contributed by atoms with van der Waals surface area (Å²) in [5.41, 5.74) is -23.4. The molecule has 0 saturated heterocycles. The van der Waals surface area contributed by atoms with Crippen LogP contribution in [0.15, 0.2) is 181 Å². The average molecular weight is 761 g/mol. The number of hydrogen-bond acceptors (Lipinski definition) is 2. The van der Waals surface area contributed by atoms with E-state index in [0.717, 1.165) is 0 Å². The van der Waals surface area contributed by atoms with Crippen molar-refractivity contribution in [2.75, 3.05) is 4.90 Å². The van der Waals surface area contributed by atoms with E-state index in [9.17, 15) is 26.0 Å². The largest absolute Gasteiger partial charge is 0.310 e. The number of anilines is 3. The molecule has 2 aliphatic carbocycles. The smallest absolute Gasteiger partial charge is 0.0648 e. The summed E-state index contributed by atoms with van der Waals surface area (Å²) in [7, 11) is 0. The molecule has 0 unspecified atom stereocenters. The van der Waals surface area contributed by atoms with Crippen LogP contribution < -0.4 is 4.90 Å². The van der Waals surface area contributed by atoms with Gasteiger partial charge in [0.15, 0.2) is 0 Å². The van der Waals surface area contributed by atoms with Gasteiger partial charge < -0.3 is 4.90 Å². The molecule has 0 fully saturated rings. The first-order valence-electron chi connectivity index (χ1n) is 35.6. The van der Waals surface area contributed by atoms with Gasteiger partial charge in [0, 0.05) is 60.4 Å². The van der Waals surface area contributed by atoms with Crippen molar-refractivity contribution in [2.24, 2.45) is 0 Å². The maximum absolute atomic E-state index is 10.4. The van der Waals surface area contributed by atoms with E-state index in [1.54, 1.807) is 0 Å². The van der Waals surface area contributed by atoms with Crippen molar-refractivity contribution in [3.05, 3.63) is 209 Å². The van der Waals surface area contributed by atoms with Crippen LogP contribution in [0.1, 0.15) is 102 Å². The maximum atomic E-state index is 10.4. The predicted octanol–water partition coefficient (Wildman–Crippen LogP) is 14.8. The zero-order valence-corrected chi connectivity index (χ0v) is 28.2. The standard InChI is InChI=1S/C53H39NS/c1-52(2)44-21-11-7-17-39(44)42-30-29-38(33-47(42)52)54(36-15-5-4-6-16-36)37-27-25-34(26-28-37)35-31-48(51-43-20-10-14-24-49(43)55-50(51)32-35)53(3)45-22-12-8-18-40(45)41-19-9-13-23-46(41)53/h4-33H,1-3H3/i1D3,2D3,3D3,4D,5D,6D,7D,8D,9D,10D,11D,12D,13D,14D,15D,16D,17D,18D,19D,20D,21D,22D,23D,24D,25D,26D,27D,28D,29D,30D,31D,32D,33D. The van der Waals surface area contributed by atoms with E-state index in [4.69, 9.17) is 27.4 Å². The molecule has 2 aliphatic rings. The van der Waals surface area contributed by atoms with E-state index in [2.05, 4.69) is 0 Å². The van der Waals surface area contributed by atoms with Gasteiger partial charge in [-0.05, 0) is 122 Å². The van der Waals surface area contributed by atoms with Crippen molar-refractivity contribution in [1.29, 1.82) is 0 Å². The summed E-state index contributed by atoms with van der Waals surface area (Å²) < 4.78 is 358. The lowest BCUT2D eigenvalue weighted by atomic mass is 9.72. The molecule has 0 radical (unpaired) electrons. The summed E-state index contributed by atoms with van der Waals surface area (Å²) in [6.07, 6.45) is 0. The van der Waals surface area contributed by atoms with Gasteiger partial charge in [0.25, 0.3) is 0 Å². The van der Waals surface area contributed by atoms with Crippen molar-refractivity contribution in [2.45, 2.75) is 31.4 Å². The van der Waals surface area contributed by atoms with Crippen molar-refractivity contribution >= 4 is 48.6 Å². The van der Waals surface area contributed by atoms with Crippen LogP contribution in [0, 0.1) is 0 Å². The molecule has 1 heterocycles. The number of fused-ring (bicyclic) bond motifs is 9. The van der Waals surface area contributed by atoms with E-state index in [0.29, 0.717) is 11.3 Å². The molecule has 0 N–H and O–H groups in total. The summed E-state index contributed by atoms with van der Waals surface area (Å²) in [4.78, 5) is 0.123. The number of para-hydroxylation sites is 1. The van der Waals surface area contributed by atoms with Crippen LogP contribution in [0.4, 0.5) is 17.1 Å². The van der Waals surface area contributed by atoms with Crippen molar-refractivity contribution in [3.63, 3.8) is 0 Å². The lowest BCUT2D eigenvalue weighted by molar-refractivity contribution is 0.660. The van der Waals surface area contributed by atoms with E-state index >= 15 is 0 Å². The van der Waals surface area contributed by atoms with E-state index < -0.39 is 311 Å². The number of hydrogen-bond donors (Lipinski definition) is 0. The first-order chi connectivity index (χ1) is 43.2. The summed E-state index contributed by atoms with van der Waals surface area (Å²) in [6, 6.07) is -36.7. The fraction of sp³-hybridized carbons (Fsp3) is 0.0943. The Morgan fingerprint density at radius 2 is 1.02 bits per heavy atom. The molecule has 2 heteroatoms. The van der Waals surface area contributed by atoms with Gasteiger partial charge >= 0.3 is 0 Å². The van der Waals surface area contributed by atoms with Crippen molar-refractivity contribution in [1.82, 2.24) is 0 Å². The second kappa shape index (κ2) is 11.9. The van der Waals surface area contributed by atoms with Gasteiger partial charge in [-0.1, -0.05) is 141 Å². The highest BCUT2D eigenvalue weighted by atomic mass is 32.1. The highest BCUT2D eigenvalue weighted by molar-refractivity contribution is 7.25. The lowest BCUT2D eigenvalue weighted by Gasteiger charge is -2.30. The molecule has 0 atom stereocenters. The SMILES string of the molecule is [2H]c1c([2H])c([2H])c(N(c2c([2H])c([2H])c(-c3c([2H])c(C4(C([2H])([2H])[2H])c5c([2H])c([2H])c([2H])c([2H])c5-c5c([2H])c([2H])c([2H])c([2H])c54)c4c(sc5c([2H])c([2H])c([2H])c([2H])c54)c3[2H])c([2H])c2[2H])c2c([2H])c([2H])c3c(c2[2H])C(C([2H])([2H])[2H])(C([2H])([2H])[2H])c2c([2H])c([2H])c([2H])c([2H])c2-3)c([2H])c1[2H]. The average Bonchev–Trinajstić information content (AvgIpc) is 1.48. The lowest BCUT2D eigenvalue weighted by Crippen LogP contribution is -2.22. The van der Waals surface area contributed by atoms with E-state index in [1.165, 1.54) is 0 Å². The topological polar surface area (TPSA) is 3.24 Å². The minimum atomic E-state index is -4.05. The molecule has 9 aromatic rings. The number of thiophene rings is 1.